The number of rotatable bonds is 6. The molecule has 2 fully saturated rings. The predicted molar refractivity (Wildman–Crippen MR) is 125 cm³/mol. The van der Waals surface area contributed by atoms with E-state index >= 15 is 0 Å². The third-order valence-corrected chi connectivity index (χ3v) is 6.49. The molecule has 0 radical (unpaired) electrons. The third-order valence-electron chi connectivity index (χ3n) is 6.49. The van der Waals surface area contributed by atoms with E-state index in [1.165, 1.54) is 6.20 Å². The second-order valence-electron chi connectivity index (χ2n) is 8.64. The fourth-order valence-electron chi connectivity index (χ4n) is 4.52. The van der Waals surface area contributed by atoms with Crippen LogP contribution in [0.4, 0.5) is 11.5 Å². The Bertz CT molecular complexity index is 1200. The van der Waals surface area contributed by atoms with Crippen molar-refractivity contribution in [1.82, 2.24) is 10.3 Å². The Hall–Kier alpha value is -3.68. The molecule has 8 heteroatoms. The smallest absolute Gasteiger partial charge is 0.253 e. The highest BCUT2D eigenvalue weighted by atomic mass is 16.5. The number of hydrogen-bond acceptors (Lipinski definition) is 5. The summed E-state index contributed by atoms with van der Waals surface area (Å²) in [7, 11) is 3.19. The van der Waals surface area contributed by atoms with Crippen molar-refractivity contribution < 1.29 is 19.1 Å². The topological polar surface area (TPSA) is 101 Å². The van der Waals surface area contributed by atoms with Gasteiger partial charge in [0.15, 0.2) is 0 Å². The van der Waals surface area contributed by atoms with Gasteiger partial charge in [0.05, 0.1) is 12.7 Å². The summed E-state index contributed by atoms with van der Waals surface area (Å²) >= 11 is 0. The summed E-state index contributed by atoms with van der Waals surface area (Å²) in [6.07, 6.45) is 7.20. The van der Waals surface area contributed by atoms with Crippen LogP contribution in [-0.4, -0.2) is 43.4 Å². The number of anilines is 2. The number of carbonyl (C=O) groups is 3. The Morgan fingerprint density at radius 3 is 2.73 bits per heavy atom. The monoisotopic (exact) mass is 446 g/mol. The van der Waals surface area contributed by atoms with Crippen LogP contribution in [-0.2, 0) is 16.0 Å². The van der Waals surface area contributed by atoms with Gasteiger partial charge in [-0.15, -0.1) is 0 Å². The van der Waals surface area contributed by atoms with E-state index in [1.54, 1.807) is 19.1 Å². The van der Waals surface area contributed by atoms with Gasteiger partial charge in [0.25, 0.3) is 5.91 Å². The van der Waals surface area contributed by atoms with E-state index in [9.17, 15) is 14.4 Å². The quantitative estimate of drug-likeness (QED) is 0.711. The van der Waals surface area contributed by atoms with Crippen molar-refractivity contribution >= 4 is 40.9 Å². The van der Waals surface area contributed by atoms with Gasteiger partial charge >= 0.3 is 0 Å². The number of ether oxygens (including phenoxy) is 1. The number of benzene rings is 1. The lowest BCUT2D eigenvalue weighted by Crippen LogP contribution is -2.23. The number of carbonyl (C=O) groups excluding carboxylic acids is 3. The SMILES string of the molecule is CNC(=O)c1cnc(NC(=O)C2CC2)c2c1C=C(c1ccc(N3CCCC3=O)cc1OC)C2. The molecule has 5 rings (SSSR count). The first-order valence-electron chi connectivity index (χ1n) is 11.2. The molecule has 3 amide bonds. The third kappa shape index (κ3) is 3.86. The number of aromatic nitrogens is 1. The molecule has 3 aliphatic rings. The molecular formula is C25H26N4O4. The van der Waals surface area contributed by atoms with Gasteiger partial charge in [0, 0.05) is 61.4 Å². The second-order valence-corrected chi connectivity index (χ2v) is 8.64. The van der Waals surface area contributed by atoms with Crippen LogP contribution >= 0.6 is 0 Å². The van der Waals surface area contributed by atoms with Crippen molar-refractivity contribution in [1.29, 1.82) is 0 Å². The summed E-state index contributed by atoms with van der Waals surface area (Å²) in [6, 6.07) is 5.77. The van der Waals surface area contributed by atoms with Gasteiger partial charge in [-0.05, 0) is 48.6 Å². The maximum absolute atomic E-state index is 12.5. The van der Waals surface area contributed by atoms with Crippen LogP contribution in [0, 0.1) is 5.92 Å². The largest absolute Gasteiger partial charge is 0.496 e. The summed E-state index contributed by atoms with van der Waals surface area (Å²) in [5.41, 5.74) is 4.70. The van der Waals surface area contributed by atoms with Gasteiger partial charge in [-0.1, -0.05) is 0 Å². The second kappa shape index (κ2) is 8.35. The Labute approximate surface area is 192 Å². The van der Waals surface area contributed by atoms with E-state index in [0.29, 0.717) is 36.5 Å². The Morgan fingerprint density at radius 2 is 2.06 bits per heavy atom. The molecular weight excluding hydrogens is 420 g/mol. The molecule has 0 unspecified atom stereocenters. The molecule has 1 saturated carbocycles. The lowest BCUT2D eigenvalue weighted by molar-refractivity contribution is -0.118. The van der Waals surface area contributed by atoms with Crippen molar-refractivity contribution in [3.63, 3.8) is 0 Å². The van der Waals surface area contributed by atoms with Crippen molar-refractivity contribution in [2.75, 3.05) is 30.9 Å². The molecule has 1 aromatic heterocycles. The number of nitrogens with one attached hydrogen (secondary N) is 2. The predicted octanol–water partition coefficient (Wildman–Crippen LogP) is 3.02. The first-order chi connectivity index (χ1) is 16.0. The van der Waals surface area contributed by atoms with E-state index in [-0.39, 0.29) is 23.6 Å². The van der Waals surface area contributed by atoms with Crippen LogP contribution in [0.15, 0.2) is 24.4 Å². The van der Waals surface area contributed by atoms with Crippen LogP contribution in [0.25, 0.3) is 11.6 Å². The molecule has 170 valence electrons. The molecule has 2 heterocycles. The summed E-state index contributed by atoms with van der Waals surface area (Å²) in [5, 5.41) is 5.61. The molecule has 2 aromatic rings. The van der Waals surface area contributed by atoms with Crippen LogP contribution in [0.5, 0.6) is 5.75 Å². The highest BCUT2D eigenvalue weighted by Gasteiger charge is 2.32. The van der Waals surface area contributed by atoms with Crippen LogP contribution < -0.4 is 20.3 Å². The molecule has 2 N–H and O–H groups in total. The van der Waals surface area contributed by atoms with Gasteiger partial charge in [0.1, 0.15) is 11.6 Å². The lowest BCUT2D eigenvalue weighted by atomic mass is 10.0. The fourth-order valence-corrected chi connectivity index (χ4v) is 4.52. The average molecular weight is 447 g/mol. The number of nitrogens with zero attached hydrogens (tertiary/aromatic N) is 2. The van der Waals surface area contributed by atoms with E-state index in [4.69, 9.17) is 4.74 Å². The van der Waals surface area contributed by atoms with Gasteiger partial charge in [-0.2, -0.15) is 0 Å². The van der Waals surface area contributed by atoms with Gasteiger partial charge in [-0.25, -0.2) is 4.98 Å². The molecule has 1 aromatic carbocycles. The van der Waals surface area contributed by atoms with E-state index in [1.807, 2.05) is 24.3 Å². The first-order valence-corrected chi connectivity index (χ1v) is 11.2. The number of allylic oxidation sites excluding steroid dienone is 1. The lowest BCUT2D eigenvalue weighted by Gasteiger charge is -2.18. The standard InChI is InChI=1S/C25H26N4O4/c1-26-25(32)20-13-27-23(28-24(31)14-5-6-14)19-11-15(10-18(19)20)17-8-7-16(12-21(17)33-2)29-9-3-4-22(29)30/h7-8,10,12-14H,3-6,9,11H2,1-2H3,(H,26,32)(H,27,28,31). The first kappa shape index (κ1) is 21.2. The molecule has 0 atom stereocenters. The van der Waals surface area contributed by atoms with Gasteiger partial charge in [-0.3, -0.25) is 14.4 Å². The highest BCUT2D eigenvalue weighted by Crippen LogP contribution is 2.41. The fraction of sp³-hybridized carbons (Fsp3) is 0.360. The average Bonchev–Trinajstić information content (AvgIpc) is 3.45. The Kier molecular flexibility index (Phi) is 5.36. The van der Waals surface area contributed by atoms with Crippen LogP contribution in [0.1, 0.15) is 52.7 Å². The van der Waals surface area contributed by atoms with Crippen molar-refractivity contribution in [2.24, 2.45) is 5.92 Å². The van der Waals surface area contributed by atoms with Crippen molar-refractivity contribution in [3.8, 4) is 5.75 Å². The summed E-state index contributed by atoms with van der Waals surface area (Å²) in [6.45, 7) is 0.709. The van der Waals surface area contributed by atoms with E-state index < -0.39 is 0 Å². The highest BCUT2D eigenvalue weighted by molar-refractivity contribution is 6.05. The number of amides is 3. The summed E-state index contributed by atoms with van der Waals surface area (Å²) in [5.74, 6) is 1.07. The molecule has 0 bridgehead atoms. The minimum atomic E-state index is -0.230. The maximum Gasteiger partial charge on any atom is 0.253 e. The summed E-state index contributed by atoms with van der Waals surface area (Å²) < 4.78 is 5.68. The number of methoxy groups -OCH3 is 1. The summed E-state index contributed by atoms with van der Waals surface area (Å²) in [4.78, 5) is 43.2. The molecule has 33 heavy (non-hydrogen) atoms. The number of hydrogen-bond donors (Lipinski definition) is 2. The number of pyridine rings is 1. The minimum absolute atomic E-state index is 0.0249. The van der Waals surface area contributed by atoms with Crippen molar-refractivity contribution in [2.45, 2.75) is 32.1 Å². The Morgan fingerprint density at radius 1 is 1.24 bits per heavy atom. The van der Waals surface area contributed by atoms with E-state index in [0.717, 1.165) is 47.2 Å². The molecule has 2 aliphatic carbocycles. The maximum atomic E-state index is 12.5. The molecule has 1 aliphatic heterocycles. The normalized spacial score (nSPS) is 17.0. The molecule has 8 nitrogen and oxygen atoms in total. The minimum Gasteiger partial charge on any atom is -0.496 e. The Balaban J connectivity index is 1.51. The van der Waals surface area contributed by atoms with Gasteiger partial charge < -0.3 is 20.3 Å². The molecule has 0 spiro atoms. The van der Waals surface area contributed by atoms with Crippen LogP contribution in [0.3, 0.4) is 0 Å². The van der Waals surface area contributed by atoms with Crippen LogP contribution in [0.2, 0.25) is 0 Å². The van der Waals surface area contributed by atoms with Crippen molar-refractivity contribution in [3.05, 3.63) is 46.6 Å². The number of fused-ring (bicyclic) bond motifs is 1. The van der Waals surface area contributed by atoms with Gasteiger partial charge in [0.2, 0.25) is 11.8 Å². The zero-order valence-electron chi connectivity index (χ0n) is 18.7. The molecule has 1 saturated heterocycles. The zero-order valence-corrected chi connectivity index (χ0v) is 18.7. The zero-order chi connectivity index (χ0) is 23.1. The van der Waals surface area contributed by atoms with E-state index in [2.05, 4.69) is 15.6 Å².